The highest BCUT2D eigenvalue weighted by Crippen LogP contribution is 2.43. The predicted octanol–water partition coefficient (Wildman–Crippen LogP) is 3.52. The van der Waals surface area contributed by atoms with Gasteiger partial charge in [-0.25, -0.2) is 4.79 Å². The zero-order valence-electron chi connectivity index (χ0n) is 11.9. The SMILES string of the molecule is Cc1cc(Br)ccc1NC(=O)NCC1(CC(=O)O)CCC1. The Morgan fingerprint density at radius 3 is 2.62 bits per heavy atom. The second-order valence-corrected chi connectivity index (χ2v) is 6.61. The molecule has 0 saturated heterocycles. The van der Waals surface area contributed by atoms with Crippen molar-refractivity contribution < 1.29 is 14.7 Å². The van der Waals surface area contributed by atoms with Crippen LogP contribution in [0.4, 0.5) is 10.5 Å². The number of aliphatic carboxylic acids is 1. The van der Waals surface area contributed by atoms with Crippen LogP contribution in [0.3, 0.4) is 0 Å². The maximum atomic E-state index is 11.9. The molecule has 1 saturated carbocycles. The number of hydrogen-bond acceptors (Lipinski definition) is 2. The number of carbonyl (C=O) groups is 2. The molecule has 0 heterocycles. The summed E-state index contributed by atoms with van der Waals surface area (Å²) < 4.78 is 0.959. The maximum Gasteiger partial charge on any atom is 0.319 e. The fourth-order valence-corrected chi connectivity index (χ4v) is 3.09. The van der Waals surface area contributed by atoms with Gasteiger partial charge in [-0.2, -0.15) is 0 Å². The lowest BCUT2D eigenvalue weighted by molar-refractivity contribution is -0.141. The van der Waals surface area contributed by atoms with E-state index in [-0.39, 0.29) is 17.9 Å². The second kappa shape index (κ2) is 6.47. The maximum absolute atomic E-state index is 11.9. The van der Waals surface area contributed by atoms with E-state index in [1.807, 2.05) is 25.1 Å². The molecule has 2 amide bonds. The summed E-state index contributed by atoms with van der Waals surface area (Å²) in [5.41, 5.74) is 1.44. The van der Waals surface area contributed by atoms with Crippen LogP contribution < -0.4 is 10.6 Å². The number of halogens is 1. The monoisotopic (exact) mass is 354 g/mol. The molecule has 3 N–H and O–H groups in total. The summed E-state index contributed by atoms with van der Waals surface area (Å²) in [6, 6.07) is 5.32. The van der Waals surface area contributed by atoms with E-state index in [2.05, 4.69) is 26.6 Å². The zero-order chi connectivity index (χ0) is 15.5. The Hall–Kier alpha value is -1.56. The fourth-order valence-electron chi connectivity index (χ4n) is 2.62. The standard InChI is InChI=1S/C15H19BrN2O3/c1-10-7-11(16)3-4-12(10)18-14(21)17-9-15(5-2-6-15)8-13(19)20/h3-4,7H,2,5-6,8-9H2,1H3,(H,19,20)(H2,17,18,21). The number of benzene rings is 1. The van der Waals surface area contributed by atoms with Crippen molar-refractivity contribution in [3.8, 4) is 0 Å². The lowest BCUT2D eigenvalue weighted by Crippen LogP contribution is -2.44. The molecule has 1 aliphatic rings. The predicted molar refractivity (Wildman–Crippen MR) is 84.4 cm³/mol. The molecule has 0 unspecified atom stereocenters. The third-order valence-electron chi connectivity index (χ3n) is 4.00. The topological polar surface area (TPSA) is 78.4 Å². The molecule has 0 bridgehead atoms. The van der Waals surface area contributed by atoms with Crippen molar-refractivity contribution in [3.63, 3.8) is 0 Å². The van der Waals surface area contributed by atoms with E-state index in [0.717, 1.165) is 35.0 Å². The van der Waals surface area contributed by atoms with Crippen LogP contribution in [0.25, 0.3) is 0 Å². The van der Waals surface area contributed by atoms with Gasteiger partial charge in [0.1, 0.15) is 0 Å². The molecule has 0 atom stereocenters. The van der Waals surface area contributed by atoms with Gasteiger partial charge in [0, 0.05) is 16.7 Å². The first-order valence-corrected chi connectivity index (χ1v) is 7.72. The van der Waals surface area contributed by atoms with Crippen molar-refractivity contribution in [2.75, 3.05) is 11.9 Å². The number of carboxylic acid groups (broad SMARTS) is 1. The second-order valence-electron chi connectivity index (χ2n) is 5.69. The third kappa shape index (κ3) is 4.20. The van der Waals surface area contributed by atoms with Gasteiger partial charge >= 0.3 is 12.0 Å². The molecule has 0 aliphatic heterocycles. The van der Waals surface area contributed by atoms with Gasteiger partial charge in [-0.3, -0.25) is 4.79 Å². The number of aryl methyl sites for hydroxylation is 1. The smallest absolute Gasteiger partial charge is 0.319 e. The van der Waals surface area contributed by atoms with Gasteiger partial charge < -0.3 is 15.7 Å². The summed E-state index contributed by atoms with van der Waals surface area (Å²) in [4.78, 5) is 22.8. The highest BCUT2D eigenvalue weighted by atomic mass is 79.9. The highest BCUT2D eigenvalue weighted by molar-refractivity contribution is 9.10. The van der Waals surface area contributed by atoms with E-state index in [4.69, 9.17) is 5.11 Å². The number of carboxylic acids is 1. The summed E-state index contributed by atoms with van der Waals surface area (Å²) >= 11 is 3.38. The Kier molecular flexibility index (Phi) is 4.88. The number of carbonyl (C=O) groups excluding carboxylic acids is 1. The first kappa shape index (κ1) is 15.8. The lowest BCUT2D eigenvalue weighted by atomic mass is 9.66. The molecule has 1 aliphatic carbocycles. The number of anilines is 1. The summed E-state index contributed by atoms with van der Waals surface area (Å²) in [5.74, 6) is -0.805. The van der Waals surface area contributed by atoms with Crippen LogP contribution in [-0.2, 0) is 4.79 Å². The number of urea groups is 1. The largest absolute Gasteiger partial charge is 0.481 e. The highest BCUT2D eigenvalue weighted by Gasteiger charge is 2.39. The van der Waals surface area contributed by atoms with Gasteiger partial charge in [0.2, 0.25) is 0 Å². The van der Waals surface area contributed by atoms with Gasteiger partial charge in [-0.15, -0.1) is 0 Å². The van der Waals surface area contributed by atoms with Crippen molar-refractivity contribution in [1.82, 2.24) is 5.32 Å². The lowest BCUT2D eigenvalue weighted by Gasteiger charge is -2.40. The van der Waals surface area contributed by atoms with Crippen molar-refractivity contribution in [1.29, 1.82) is 0 Å². The molecular weight excluding hydrogens is 336 g/mol. The van der Waals surface area contributed by atoms with Gasteiger partial charge in [-0.05, 0) is 48.9 Å². The van der Waals surface area contributed by atoms with Crippen LogP contribution in [0.5, 0.6) is 0 Å². The number of hydrogen-bond donors (Lipinski definition) is 3. The van der Waals surface area contributed by atoms with E-state index in [9.17, 15) is 9.59 Å². The summed E-state index contributed by atoms with van der Waals surface area (Å²) in [5, 5.41) is 14.5. The van der Waals surface area contributed by atoms with E-state index < -0.39 is 5.97 Å². The van der Waals surface area contributed by atoms with Crippen molar-refractivity contribution in [2.24, 2.45) is 5.41 Å². The molecular formula is C15H19BrN2O3. The minimum atomic E-state index is -0.805. The minimum Gasteiger partial charge on any atom is -0.481 e. The van der Waals surface area contributed by atoms with E-state index in [1.165, 1.54) is 0 Å². The van der Waals surface area contributed by atoms with E-state index >= 15 is 0 Å². The summed E-state index contributed by atoms with van der Waals surface area (Å²) in [6.45, 7) is 2.32. The number of nitrogens with one attached hydrogen (secondary N) is 2. The molecule has 21 heavy (non-hydrogen) atoms. The summed E-state index contributed by atoms with van der Waals surface area (Å²) in [6.07, 6.45) is 2.86. The van der Waals surface area contributed by atoms with Crippen molar-refractivity contribution >= 4 is 33.6 Å². The van der Waals surface area contributed by atoms with Gasteiger partial charge in [0.25, 0.3) is 0 Å². The normalized spacial score (nSPS) is 15.9. The zero-order valence-corrected chi connectivity index (χ0v) is 13.5. The van der Waals surface area contributed by atoms with Crippen LogP contribution >= 0.6 is 15.9 Å². The minimum absolute atomic E-state index is 0.116. The van der Waals surface area contributed by atoms with Crippen LogP contribution in [0.1, 0.15) is 31.2 Å². The Morgan fingerprint density at radius 2 is 2.10 bits per heavy atom. The Balaban J connectivity index is 1.88. The van der Waals surface area contributed by atoms with E-state index in [1.54, 1.807) is 0 Å². The first-order chi connectivity index (χ1) is 9.90. The quantitative estimate of drug-likeness (QED) is 0.756. The molecule has 114 valence electrons. The molecule has 5 nitrogen and oxygen atoms in total. The number of amides is 2. The molecule has 1 aromatic rings. The van der Waals surface area contributed by atoms with Gasteiger partial charge in [-0.1, -0.05) is 22.4 Å². The molecule has 0 aromatic heterocycles. The molecule has 1 aromatic carbocycles. The first-order valence-electron chi connectivity index (χ1n) is 6.93. The molecule has 0 radical (unpaired) electrons. The Morgan fingerprint density at radius 1 is 1.38 bits per heavy atom. The van der Waals surface area contributed by atoms with Gasteiger partial charge in [0.15, 0.2) is 0 Å². The Bertz CT molecular complexity index is 556. The van der Waals surface area contributed by atoms with E-state index in [0.29, 0.717) is 6.54 Å². The average molecular weight is 355 g/mol. The van der Waals surface area contributed by atoms with Crippen LogP contribution in [0.15, 0.2) is 22.7 Å². The van der Waals surface area contributed by atoms with Crippen LogP contribution in [0.2, 0.25) is 0 Å². The Labute approximate surface area is 132 Å². The third-order valence-corrected chi connectivity index (χ3v) is 4.49. The van der Waals surface area contributed by atoms with Gasteiger partial charge in [0.05, 0.1) is 6.42 Å². The van der Waals surface area contributed by atoms with Crippen LogP contribution in [0, 0.1) is 12.3 Å². The molecule has 0 spiro atoms. The number of rotatable bonds is 5. The van der Waals surface area contributed by atoms with Crippen molar-refractivity contribution in [2.45, 2.75) is 32.6 Å². The molecule has 6 heteroatoms. The van der Waals surface area contributed by atoms with Crippen LogP contribution in [-0.4, -0.2) is 23.7 Å². The summed E-state index contributed by atoms with van der Waals surface area (Å²) in [7, 11) is 0. The fraction of sp³-hybridized carbons (Fsp3) is 0.467. The molecule has 1 fully saturated rings. The molecule has 2 rings (SSSR count). The van der Waals surface area contributed by atoms with Crippen molar-refractivity contribution in [3.05, 3.63) is 28.2 Å². The average Bonchev–Trinajstić information content (AvgIpc) is 2.35.